The standard InChI is InChI=1S/C27H26N4O4S2/c1-16-6-9-23-28-24(29-10-4-3-5-17(29)2)19(25(32)30(23)13-16)12-22-26(33)31(27(36)37-22)14-18-7-8-20-21(11-18)35-15-34-20/h6-9,11-13,17H,3-5,10,14-15H2,1-2H3/b22-12+. The maximum atomic E-state index is 13.8. The Bertz CT molecular complexity index is 1530. The number of benzene rings is 1. The second-order valence-corrected chi connectivity index (χ2v) is 11.3. The number of fused-ring (bicyclic) bond motifs is 2. The first-order chi connectivity index (χ1) is 17.9. The molecule has 0 radical (unpaired) electrons. The molecule has 2 aromatic heterocycles. The quantitative estimate of drug-likeness (QED) is 0.358. The number of rotatable bonds is 4. The van der Waals surface area contributed by atoms with Crippen LogP contribution in [-0.2, 0) is 11.3 Å². The normalized spacial score (nSPS) is 20.5. The smallest absolute Gasteiger partial charge is 0.267 e. The first-order valence-electron chi connectivity index (χ1n) is 12.3. The Morgan fingerprint density at radius 1 is 1.16 bits per heavy atom. The highest BCUT2D eigenvalue weighted by atomic mass is 32.2. The number of piperidine rings is 1. The molecule has 2 saturated heterocycles. The van der Waals surface area contributed by atoms with E-state index in [1.54, 1.807) is 21.6 Å². The SMILES string of the molecule is Cc1ccc2nc(N3CCCCC3C)c(/C=C3/SC(=S)N(Cc4ccc5c(c4)OCO5)C3=O)c(=O)n2c1. The van der Waals surface area contributed by atoms with E-state index in [4.69, 9.17) is 26.7 Å². The lowest BCUT2D eigenvalue weighted by molar-refractivity contribution is -0.122. The number of hydrogen-bond donors (Lipinski definition) is 0. The van der Waals surface area contributed by atoms with Crippen molar-refractivity contribution in [3.8, 4) is 11.5 Å². The Labute approximate surface area is 223 Å². The molecule has 0 N–H and O–H groups in total. The number of thiocarbonyl (C=S) groups is 1. The third kappa shape index (κ3) is 4.38. The fourth-order valence-corrected chi connectivity index (χ4v) is 6.23. The lowest BCUT2D eigenvalue weighted by Crippen LogP contribution is -2.40. The molecule has 0 aliphatic carbocycles. The van der Waals surface area contributed by atoms with Gasteiger partial charge in [0.2, 0.25) is 6.79 Å². The molecular formula is C27H26N4O4S2. The van der Waals surface area contributed by atoms with Crippen LogP contribution in [0.5, 0.6) is 11.5 Å². The van der Waals surface area contributed by atoms with Gasteiger partial charge in [-0.2, -0.15) is 0 Å². The van der Waals surface area contributed by atoms with Crippen LogP contribution in [0.4, 0.5) is 5.82 Å². The van der Waals surface area contributed by atoms with E-state index in [0.29, 0.717) is 44.3 Å². The van der Waals surface area contributed by atoms with E-state index in [1.807, 2.05) is 37.3 Å². The highest BCUT2D eigenvalue weighted by Gasteiger charge is 2.34. The van der Waals surface area contributed by atoms with Crippen molar-refractivity contribution in [1.29, 1.82) is 0 Å². The molecule has 10 heteroatoms. The van der Waals surface area contributed by atoms with Gasteiger partial charge in [0.05, 0.1) is 17.0 Å². The van der Waals surface area contributed by atoms with Crippen molar-refractivity contribution in [3.05, 3.63) is 68.5 Å². The summed E-state index contributed by atoms with van der Waals surface area (Å²) in [6.07, 6.45) is 6.69. The Kier molecular flexibility index (Phi) is 6.16. The summed E-state index contributed by atoms with van der Waals surface area (Å²) >= 11 is 6.79. The van der Waals surface area contributed by atoms with Crippen LogP contribution in [0.25, 0.3) is 11.7 Å². The average molecular weight is 535 g/mol. The zero-order chi connectivity index (χ0) is 25.7. The molecule has 37 heavy (non-hydrogen) atoms. The topological polar surface area (TPSA) is 76.4 Å². The minimum Gasteiger partial charge on any atom is -0.454 e. The van der Waals surface area contributed by atoms with Crippen LogP contribution in [0.2, 0.25) is 0 Å². The van der Waals surface area contributed by atoms with Gasteiger partial charge in [0.1, 0.15) is 15.8 Å². The molecule has 0 saturated carbocycles. The van der Waals surface area contributed by atoms with Crippen molar-refractivity contribution < 1.29 is 14.3 Å². The van der Waals surface area contributed by atoms with E-state index in [1.165, 1.54) is 11.8 Å². The predicted octanol–water partition coefficient (Wildman–Crippen LogP) is 4.51. The van der Waals surface area contributed by atoms with Crippen LogP contribution in [0.3, 0.4) is 0 Å². The average Bonchev–Trinajstić information content (AvgIpc) is 3.46. The van der Waals surface area contributed by atoms with Crippen molar-refractivity contribution in [1.82, 2.24) is 14.3 Å². The number of ether oxygens (including phenoxy) is 2. The molecular weight excluding hydrogens is 508 g/mol. The number of aryl methyl sites for hydroxylation is 1. The highest BCUT2D eigenvalue weighted by molar-refractivity contribution is 8.26. The van der Waals surface area contributed by atoms with E-state index >= 15 is 0 Å². The molecule has 1 unspecified atom stereocenters. The van der Waals surface area contributed by atoms with Crippen molar-refractivity contribution in [2.75, 3.05) is 18.2 Å². The van der Waals surface area contributed by atoms with E-state index in [-0.39, 0.29) is 24.3 Å². The Morgan fingerprint density at radius 3 is 2.84 bits per heavy atom. The van der Waals surface area contributed by atoms with Gasteiger partial charge < -0.3 is 14.4 Å². The van der Waals surface area contributed by atoms with E-state index in [9.17, 15) is 9.59 Å². The molecule has 190 valence electrons. The summed E-state index contributed by atoms with van der Waals surface area (Å²) in [7, 11) is 0. The van der Waals surface area contributed by atoms with Gasteiger partial charge in [-0.3, -0.25) is 18.9 Å². The van der Waals surface area contributed by atoms with Gasteiger partial charge in [-0.15, -0.1) is 0 Å². The van der Waals surface area contributed by atoms with Gasteiger partial charge in [0.25, 0.3) is 11.5 Å². The van der Waals surface area contributed by atoms with Crippen LogP contribution in [0, 0.1) is 6.92 Å². The van der Waals surface area contributed by atoms with Crippen molar-refractivity contribution in [2.45, 2.75) is 45.7 Å². The number of carbonyl (C=O) groups excluding carboxylic acids is 1. The lowest BCUT2D eigenvalue weighted by Gasteiger charge is -2.35. The molecule has 5 heterocycles. The van der Waals surface area contributed by atoms with E-state index in [0.717, 1.165) is 36.9 Å². The number of anilines is 1. The molecule has 1 atom stereocenters. The zero-order valence-electron chi connectivity index (χ0n) is 20.6. The van der Waals surface area contributed by atoms with Gasteiger partial charge in [-0.25, -0.2) is 4.98 Å². The van der Waals surface area contributed by atoms with Crippen molar-refractivity contribution in [3.63, 3.8) is 0 Å². The maximum absolute atomic E-state index is 13.8. The summed E-state index contributed by atoms with van der Waals surface area (Å²) in [5, 5.41) is 0. The Hall–Kier alpha value is -3.37. The monoisotopic (exact) mass is 534 g/mol. The highest BCUT2D eigenvalue weighted by Crippen LogP contribution is 2.37. The minimum atomic E-state index is -0.223. The molecule has 0 spiro atoms. The number of nitrogens with zero attached hydrogens (tertiary/aromatic N) is 4. The number of amides is 1. The van der Waals surface area contributed by atoms with Crippen LogP contribution in [0.1, 0.15) is 42.9 Å². The van der Waals surface area contributed by atoms with Crippen LogP contribution >= 0.6 is 24.0 Å². The van der Waals surface area contributed by atoms with Gasteiger partial charge in [-0.05, 0) is 68.5 Å². The van der Waals surface area contributed by atoms with E-state index in [2.05, 4.69) is 11.8 Å². The molecule has 3 aliphatic heterocycles. The lowest BCUT2D eigenvalue weighted by atomic mass is 10.0. The van der Waals surface area contributed by atoms with Crippen LogP contribution < -0.4 is 19.9 Å². The summed E-state index contributed by atoms with van der Waals surface area (Å²) < 4.78 is 12.9. The van der Waals surface area contributed by atoms with Crippen molar-refractivity contribution >= 4 is 51.7 Å². The number of thioether (sulfide) groups is 1. The molecule has 1 amide bonds. The Balaban J connectivity index is 1.39. The fraction of sp³-hybridized carbons (Fsp3) is 0.333. The maximum Gasteiger partial charge on any atom is 0.267 e. The van der Waals surface area contributed by atoms with Crippen molar-refractivity contribution in [2.24, 2.45) is 0 Å². The van der Waals surface area contributed by atoms with Crippen LogP contribution in [0.15, 0.2) is 46.2 Å². The Morgan fingerprint density at radius 2 is 2.00 bits per heavy atom. The van der Waals surface area contributed by atoms with Crippen LogP contribution in [-0.4, -0.2) is 43.9 Å². The molecule has 3 aliphatic rings. The predicted molar refractivity (Wildman–Crippen MR) is 148 cm³/mol. The molecule has 8 nitrogen and oxygen atoms in total. The zero-order valence-corrected chi connectivity index (χ0v) is 22.2. The summed E-state index contributed by atoms with van der Waals surface area (Å²) in [6.45, 7) is 5.42. The second-order valence-electron chi connectivity index (χ2n) is 9.58. The largest absolute Gasteiger partial charge is 0.454 e. The van der Waals surface area contributed by atoms with Gasteiger partial charge >= 0.3 is 0 Å². The minimum absolute atomic E-state index is 0.190. The number of hydrogen-bond acceptors (Lipinski definition) is 8. The van der Waals surface area contributed by atoms with E-state index < -0.39 is 0 Å². The summed E-state index contributed by atoms with van der Waals surface area (Å²) in [5.41, 5.74) is 2.66. The summed E-state index contributed by atoms with van der Waals surface area (Å²) in [5.74, 6) is 1.75. The van der Waals surface area contributed by atoms with Gasteiger partial charge in [0.15, 0.2) is 11.5 Å². The third-order valence-electron chi connectivity index (χ3n) is 6.99. The number of pyridine rings is 1. The van der Waals surface area contributed by atoms with Gasteiger partial charge in [0, 0.05) is 18.8 Å². The number of carbonyl (C=O) groups is 1. The molecule has 1 aromatic carbocycles. The second kappa shape index (κ2) is 9.50. The first-order valence-corrected chi connectivity index (χ1v) is 13.5. The number of aromatic nitrogens is 2. The first kappa shape index (κ1) is 24.0. The molecule has 6 rings (SSSR count). The molecule has 0 bridgehead atoms. The summed E-state index contributed by atoms with van der Waals surface area (Å²) in [4.78, 5) is 36.3. The van der Waals surface area contributed by atoms with Gasteiger partial charge in [-0.1, -0.05) is 36.1 Å². The third-order valence-corrected chi connectivity index (χ3v) is 8.36. The molecule has 3 aromatic rings. The summed E-state index contributed by atoms with van der Waals surface area (Å²) in [6, 6.07) is 9.66. The fourth-order valence-electron chi connectivity index (χ4n) is 4.99. The molecule has 2 fully saturated rings.